The van der Waals surface area contributed by atoms with Crippen molar-refractivity contribution >= 4 is 17.8 Å². The van der Waals surface area contributed by atoms with Crippen LogP contribution < -0.4 is 10.6 Å². The highest BCUT2D eigenvalue weighted by molar-refractivity contribution is 5.90. The van der Waals surface area contributed by atoms with Gasteiger partial charge in [0.1, 0.15) is 18.7 Å². The van der Waals surface area contributed by atoms with Gasteiger partial charge in [-0.1, -0.05) is 0 Å². The summed E-state index contributed by atoms with van der Waals surface area (Å²) >= 11 is 0. The van der Waals surface area contributed by atoms with Crippen molar-refractivity contribution in [3.05, 3.63) is 0 Å². The van der Waals surface area contributed by atoms with Gasteiger partial charge >= 0.3 is 5.97 Å². The first kappa shape index (κ1) is 17.3. The molecule has 3 N–H and O–H groups in total. The van der Waals surface area contributed by atoms with Crippen LogP contribution in [-0.4, -0.2) is 61.9 Å². The fourth-order valence-electron chi connectivity index (χ4n) is 1.06. The summed E-state index contributed by atoms with van der Waals surface area (Å²) in [5.74, 6) is -2.17. The van der Waals surface area contributed by atoms with Gasteiger partial charge in [0.15, 0.2) is 0 Å². The van der Waals surface area contributed by atoms with Gasteiger partial charge in [-0.2, -0.15) is 0 Å². The summed E-state index contributed by atoms with van der Waals surface area (Å²) in [5, 5.41) is 13.3. The van der Waals surface area contributed by atoms with Crippen molar-refractivity contribution in [1.29, 1.82) is 0 Å². The van der Waals surface area contributed by atoms with Crippen molar-refractivity contribution in [3.63, 3.8) is 0 Å². The summed E-state index contributed by atoms with van der Waals surface area (Å²) in [6, 6.07) is -1.84. The minimum atomic E-state index is -1.14. The van der Waals surface area contributed by atoms with Crippen LogP contribution in [0.25, 0.3) is 0 Å². The Kier molecular flexibility index (Phi) is 8.47. The van der Waals surface area contributed by atoms with Crippen molar-refractivity contribution in [2.45, 2.75) is 25.9 Å². The van der Waals surface area contributed by atoms with Crippen molar-refractivity contribution < 1.29 is 29.0 Å². The van der Waals surface area contributed by atoms with Crippen molar-refractivity contribution in [3.8, 4) is 0 Å². The van der Waals surface area contributed by atoms with E-state index in [2.05, 4.69) is 10.6 Å². The minimum Gasteiger partial charge on any atom is -0.480 e. The average Bonchev–Trinajstić information content (AvgIpc) is 2.34. The Bertz CT molecular complexity index is 320. The number of carbonyl (C=O) groups is 3. The summed E-state index contributed by atoms with van der Waals surface area (Å²) < 4.78 is 9.71. The molecule has 2 atom stereocenters. The molecule has 19 heavy (non-hydrogen) atoms. The number of methoxy groups -OCH3 is 1. The van der Waals surface area contributed by atoms with Crippen LogP contribution in [0.4, 0.5) is 0 Å². The SMILES string of the molecule is COCCOCC(=O)N[C@@H](C)C(=O)N[C@@H](C)C(=O)O. The molecule has 0 aromatic heterocycles. The molecule has 0 saturated carbocycles. The molecule has 0 aliphatic rings. The normalized spacial score (nSPS) is 13.4. The molecule has 0 aliphatic carbocycles. The highest BCUT2D eigenvalue weighted by Crippen LogP contribution is 1.88. The molecule has 0 radical (unpaired) electrons. The van der Waals surface area contributed by atoms with Gasteiger partial charge in [0.25, 0.3) is 0 Å². The molecule has 0 aromatic carbocycles. The molecule has 110 valence electrons. The highest BCUT2D eigenvalue weighted by Gasteiger charge is 2.20. The van der Waals surface area contributed by atoms with E-state index in [4.69, 9.17) is 14.6 Å². The maximum Gasteiger partial charge on any atom is 0.325 e. The Labute approximate surface area is 111 Å². The summed E-state index contributed by atoms with van der Waals surface area (Å²) in [4.78, 5) is 33.4. The van der Waals surface area contributed by atoms with E-state index in [9.17, 15) is 14.4 Å². The maximum absolute atomic E-state index is 11.5. The van der Waals surface area contributed by atoms with E-state index >= 15 is 0 Å². The molecule has 0 bridgehead atoms. The average molecular weight is 276 g/mol. The second kappa shape index (κ2) is 9.29. The lowest BCUT2D eigenvalue weighted by Crippen LogP contribution is -2.50. The fourth-order valence-corrected chi connectivity index (χ4v) is 1.06. The second-order valence-electron chi connectivity index (χ2n) is 3.90. The van der Waals surface area contributed by atoms with Gasteiger partial charge in [0.2, 0.25) is 11.8 Å². The van der Waals surface area contributed by atoms with Crippen LogP contribution in [0.3, 0.4) is 0 Å². The van der Waals surface area contributed by atoms with E-state index in [-0.39, 0.29) is 13.2 Å². The number of aliphatic carboxylic acids is 1. The van der Waals surface area contributed by atoms with E-state index in [1.165, 1.54) is 21.0 Å². The quantitative estimate of drug-likeness (QED) is 0.453. The monoisotopic (exact) mass is 276 g/mol. The smallest absolute Gasteiger partial charge is 0.325 e. The van der Waals surface area contributed by atoms with Crippen molar-refractivity contribution in [1.82, 2.24) is 10.6 Å². The summed E-state index contributed by atoms with van der Waals surface area (Å²) in [6.07, 6.45) is 0. The summed E-state index contributed by atoms with van der Waals surface area (Å²) in [6.45, 7) is 3.26. The number of carboxylic acids is 1. The number of nitrogens with one attached hydrogen (secondary N) is 2. The zero-order valence-electron chi connectivity index (χ0n) is 11.3. The number of ether oxygens (including phenoxy) is 2. The van der Waals surface area contributed by atoms with Gasteiger partial charge in [-0.3, -0.25) is 14.4 Å². The number of carboxylic acid groups (broad SMARTS) is 1. The van der Waals surface area contributed by atoms with Crippen LogP contribution in [-0.2, 0) is 23.9 Å². The molecular weight excluding hydrogens is 256 g/mol. The van der Waals surface area contributed by atoms with Gasteiger partial charge in [0, 0.05) is 7.11 Å². The molecule has 0 aliphatic heterocycles. The summed E-state index contributed by atoms with van der Waals surface area (Å²) in [7, 11) is 1.51. The first-order valence-corrected chi connectivity index (χ1v) is 5.77. The molecule has 0 saturated heterocycles. The molecule has 0 fully saturated rings. The van der Waals surface area contributed by atoms with Gasteiger partial charge in [-0.05, 0) is 13.8 Å². The number of carbonyl (C=O) groups excluding carboxylic acids is 2. The maximum atomic E-state index is 11.5. The molecule has 0 aromatic rings. The Morgan fingerprint density at radius 3 is 2.26 bits per heavy atom. The number of hydrogen-bond donors (Lipinski definition) is 3. The minimum absolute atomic E-state index is 0.185. The number of rotatable bonds is 9. The molecule has 0 unspecified atom stereocenters. The van der Waals surface area contributed by atoms with E-state index in [0.717, 1.165) is 0 Å². The standard InChI is InChI=1S/C11H20N2O6/c1-7(10(15)13-8(2)11(16)17)12-9(14)6-19-5-4-18-3/h7-8H,4-6H2,1-3H3,(H,12,14)(H,13,15)(H,16,17)/t7-,8-/m0/s1. The van der Waals surface area contributed by atoms with Gasteiger partial charge < -0.3 is 25.2 Å². The van der Waals surface area contributed by atoms with Crippen LogP contribution in [0.15, 0.2) is 0 Å². The highest BCUT2D eigenvalue weighted by atomic mass is 16.5. The third-order valence-electron chi connectivity index (χ3n) is 2.16. The number of hydrogen-bond acceptors (Lipinski definition) is 5. The molecule has 2 amide bonds. The Morgan fingerprint density at radius 2 is 1.74 bits per heavy atom. The van der Waals surface area contributed by atoms with Crippen molar-refractivity contribution in [2.24, 2.45) is 0 Å². The largest absolute Gasteiger partial charge is 0.480 e. The molecule has 0 rings (SSSR count). The van der Waals surface area contributed by atoms with E-state index in [1.54, 1.807) is 0 Å². The lowest BCUT2D eigenvalue weighted by molar-refractivity contribution is -0.141. The lowest BCUT2D eigenvalue weighted by atomic mass is 10.2. The Balaban J connectivity index is 3.94. The summed E-state index contributed by atoms with van der Waals surface area (Å²) in [5.41, 5.74) is 0. The zero-order valence-corrected chi connectivity index (χ0v) is 11.3. The Morgan fingerprint density at radius 1 is 1.11 bits per heavy atom. The van der Waals surface area contributed by atoms with Gasteiger partial charge in [-0.15, -0.1) is 0 Å². The van der Waals surface area contributed by atoms with Gasteiger partial charge in [0.05, 0.1) is 13.2 Å². The predicted molar refractivity (Wildman–Crippen MR) is 65.5 cm³/mol. The number of amides is 2. The topological polar surface area (TPSA) is 114 Å². The molecule has 8 nitrogen and oxygen atoms in total. The van der Waals surface area contributed by atoms with E-state index < -0.39 is 29.9 Å². The second-order valence-corrected chi connectivity index (χ2v) is 3.90. The Hall–Kier alpha value is -1.67. The van der Waals surface area contributed by atoms with Gasteiger partial charge in [-0.25, -0.2) is 0 Å². The van der Waals surface area contributed by atoms with Crippen LogP contribution in [0.2, 0.25) is 0 Å². The van der Waals surface area contributed by atoms with Crippen LogP contribution in [0.1, 0.15) is 13.8 Å². The third kappa shape index (κ3) is 8.11. The third-order valence-corrected chi connectivity index (χ3v) is 2.16. The molecule has 0 heterocycles. The molecular formula is C11H20N2O6. The van der Waals surface area contributed by atoms with Crippen LogP contribution >= 0.6 is 0 Å². The van der Waals surface area contributed by atoms with E-state index in [0.29, 0.717) is 6.61 Å². The lowest BCUT2D eigenvalue weighted by Gasteiger charge is -2.16. The van der Waals surface area contributed by atoms with Crippen molar-refractivity contribution in [2.75, 3.05) is 26.9 Å². The predicted octanol–water partition coefficient (Wildman–Crippen LogP) is -1.26. The van der Waals surface area contributed by atoms with Crippen LogP contribution in [0.5, 0.6) is 0 Å². The van der Waals surface area contributed by atoms with Crippen LogP contribution in [0, 0.1) is 0 Å². The first-order chi connectivity index (χ1) is 8.88. The first-order valence-electron chi connectivity index (χ1n) is 5.77. The van der Waals surface area contributed by atoms with E-state index in [1.807, 2.05) is 0 Å². The molecule has 0 spiro atoms. The zero-order chi connectivity index (χ0) is 14.8. The molecule has 8 heteroatoms. The fraction of sp³-hybridized carbons (Fsp3) is 0.727.